The number of carbonyl (C=O) groups is 2. The molecule has 0 radical (unpaired) electrons. The molecule has 0 fully saturated rings. The molecule has 0 bridgehead atoms. The van der Waals surface area contributed by atoms with E-state index in [1.165, 1.54) is 18.1 Å². The Hall–Kier alpha value is -2.62. The fourth-order valence-electron chi connectivity index (χ4n) is 2.40. The minimum Gasteiger partial charge on any atom is -0.352 e. The van der Waals surface area contributed by atoms with E-state index < -0.39 is 0 Å². The summed E-state index contributed by atoms with van der Waals surface area (Å²) in [5.41, 5.74) is 4.26. The van der Waals surface area contributed by atoms with Crippen molar-refractivity contribution in [3.8, 4) is 0 Å². The lowest BCUT2D eigenvalue weighted by atomic mass is 10.1. The van der Waals surface area contributed by atoms with E-state index in [1.807, 2.05) is 24.3 Å². The fourth-order valence-corrected chi connectivity index (χ4v) is 2.40. The Kier molecular flexibility index (Phi) is 6.55. The van der Waals surface area contributed by atoms with Gasteiger partial charge in [-0.1, -0.05) is 43.3 Å². The summed E-state index contributed by atoms with van der Waals surface area (Å²) in [6.45, 7) is 4.10. The molecule has 0 saturated heterocycles. The van der Waals surface area contributed by atoms with E-state index >= 15 is 0 Å². The van der Waals surface area contributed by atoms with Crippen molar-refractivity contribution in [2.45, 2.75) is 39.7 Å². The molecule has 2 N–H and O–H groups in total. The van der Waals surface area contributed by atoms with Crippen molar-refractivity contribution in [3.63, 3.8) is 0 Å². The smallest absolute Gasteiger partial charge is 0.221 e. The number of hydrogen-bond donors (Lipinski definition) is 2. The summed E-state index contributed by atoms with van der Waals surface area (Å²) >= 11 is 0. The first-order chi connectivity index (χ1) is 11.6. The first-order valence-electron chi connectivity index (χ1n) is 8.28. The Balaban J connectivity index is 1.75. The lowest BCUT2D eigenvalue weighted by Crippen LogP contribution is -2.23. The van der Waals surface area contributed by atoms with Gasteiger partial charge in [0.05, 0.1) is 0 Å². The van der Waals surface area contributed by atoms with Gasteiger partial charge in [-0.15, -0.1) is 0 Å². The van der Waals surface area contributed by atoms with Crippen molar-refractivity contribution >= 4 is 17.5 Å². The van der Waals surface area contributed by atoms with E-state index in [0.29, 0.717) is 13.0 Å². The van der Waals surface area contributed by atoms with Gasteiger partial charge < -0.3 is 10.6 Å². The molecule has 0 unspecified atom stereocenters. The fraction of sp³-hybridized carbons (Fsp3) is 0.300. The average Bonchev–Trinajstić information content (AvgIpc) is 2.59. The summed E-state index contributed by atoms with van der Waals surface area (Å²) in [5, 5.41) is 5.64. The molecule has 2 aromatic carbocycles. The Morgan fingerprint density at radius 3 is 2.04 bits per heavy atom. The van der Waals surface area contributed by atoms with Gasteiger partial charge in [0.25, 0.3) is 0 Å². The van der Waals surface area contributed by atoms with Crippen molar-refractivity contribution in [2.75, 3.05) is 5.32 Å². The molecule has 0 spiro atoms. The minimum absolute atomic E-state index is 0.0421. The molecule has 0 heterocycles. The van der Waals surface area contributed by atoms with Gasteiger partial charge >= 0.3 is 0 Å². The van der Waals surface area contributed by atoms with E-state index in [1.54, 1.807) is 0 Å². The zero-order valence-corrected chi connectivity index (χ0v) is 14.3. The molecular formula is C20H24N2O2. The highest BCUT2D eigenvalue weighted by Crippen LogP contribution is 2.10. The highest BCUT2D eigenvalue weighted by Gasteiger charge is 2.03. The number of aryl methyl sites for hydroxylation is 2. The maximum absolute atomic E-state index is 12.0. The van der Waals surface area contributed by atoms with Crippen LogP contribution in [-0.2, 0) is 29.0 Å². The third-order valence-electron chi connectivity index (χ3n) is 3.84. The maximum atomic E-state index is 12.0. The van der Waals surface area contributed by atoms with Crippen molar-refractivity contribution in [3.05, 3.63) is 65.2 Å². The van der Waals surface area contributed by atoms with E-state index in [2.05, 4.69) is 41.8 Å². The van der Waals surface area contributed by atoms with Crippen LogP contribution in [0.1, 0.15) is 37.0 Å². The van der Waals surface area contributed by atoms with E-state index in [0.717, 1.165) is 24.1 Å². The Morgan fingerprint density at radius 1 is 0.875 bits per heavy atom. The van der Waals surface area contributed by atoms with E-state index in [4.69, 9.17) is 0 Å². The third-order valence-corrected chi connectivity index (χ3v) is 3.84. The molecule has 0 saturated carbocycles. The SMILES string of the molecule is CCc1ccc(CCC(=O)NCc2ccc(NC(C)=O)cc2)cc1. The summed E-state index contributed by atoms with van der Waals surface area (Å²) in [5.74, 6) is -0.0523. The molecule has 0 aliphatic rings. The highest BCUT2D eigenvalue weighted by atomic mass is 16.2. The molecule has 0 aromatic heterocycles. The predicted octanol–water partition coefficient (Wildman–Crippen LogP) is 3.46. The van der Waals surface area contributed by atoms with Crippen LogP contribution in [0.25, 0.3) is 0 Å². The zero-order valence-electron chi connectivity index (χ0n) is 14.3. The summed E-state index contributed by atoms with van der Waals surface area (Å²) in [6, 6.07) is 15.9. The first-order valence-corrected chi connectivity index (χ1v) is 8.28. The van der Waals surface area contributed by atoms with Crippen molar-refractivity contribution in [1.82, 2.24) is 5.32 Å². The number of amides is 2. The number of nitrogens with one attached hydrogen (secondary N) is 2. The highest BCUT2D eigenvalue weighted by molar-refractivity contribution is 5.88. The maximum Gasteiger partial charge on any atom is 0.221 e. The molecule has 2 amide bonds. The van der Waals surface area contributed by atoms with Crippen molar-refractivity contribution < 1.29 is 9.59 Å². The monoisotopic (exact) mass is 324 g/mol. The number of anilines is 1. The lowest BCUT2D eigenvalue weighted by Gasteiger charge is -2.07. The van der Waals surface area contributed by atoms with Crippen molar-refractivity contribution in [2.24, 2.45) is 0 Å². The van der Waals surface area contributed by atoms with Gasteiger partial charge in [0.2, 0.25) is 11.8 Å². The van der Waals surface area contributed by atoms with Crippen LogP contribution in [-0.4, -0.2) is 11.8 Å². The summed E-state index contributed by atoms with van der Waals surface area (Å²) < 4.78 is 0. The van der Waals surface area contributed by atoms with Crippen LogP contribution in [0.15, 0.2) is 48.5 Å². The first kappa shape index (κ1) is 17.7. The van der Waals surface area contributed by atoms with Gasteiger partial charge in [-0.05, 0) is 41.7 Å². The van der Waals surface area contributed by atoms with Crippen LogP contribution in [0.4, 0.5) is 5.69 Å². The molecule has 2 rings (SSSR count). The molecule has 4 nitrogen and oxygen atoms in total. The minimum atomic E-state index is -0.0944. The molecule has 24 heavy (non-hydrogen) atoms. The molecule has 0 aliphatic carbocycles. The van der Waals surface area contributed by atoms with Gasteiger partial charge in [-0.2, -0.15) is 0 Å². The molecule has 0 atom stereocenters. The van der Waals surface area contributed by atoms with Crippen LogP contribution < -0.4 is 10.6 Å². The number of benzene rings is 2. The molecule has 0 aliphatic heterocycles. The normalized spacial score (nSPS) is 10.2. The second-order valence-corrected chi connectivity index (χ2v) is 5.82. The lowest BCUT2D eigenvalue weighted by molar-refractivity contribution is -0.121. The van der Waals surface area contributed by atoms with Crippen LogP contribution in [0.2, 0.25) is 0 Å². The van der Waals surface area contributed by atoms with Gasteiger partial charge in [-0.25, -0.2) is 0 Å². The van der Waals surface area contributed by atoms with Crippen LogP contribution in [0.3, 0.4) is 0 Å². The van der Waals surface area contributed by atoms with Gasteiger partial charge in [-0.3, -0.25) is 9.59 Å². The van der Waals surface area contributed by atoms with Gasteiger partial charge in [0.15, 0.2) is 0 Å². The summed E-state index contributed by atoms with van der Waals surface area (Å²) in [4.78, 5) is 22.9. The summed E-state index contributed by atoms with van der Waals surface area (Å²) in [6.07, 6.45) is 2.26. The topological polar surface area (TPSA) is 58.2 Å². The second kappa shape index (κ2) is 8.87. The number of rotatable bonds is 7. The number of carbonyl (C=O) groups excluding carboxylic acids is 2. The zero-order chi connectivity index (χ0) is 17.4. The van der Waals surface area contributed by atoms with Crippen LogP contribution in [0.5, 0.6) is 0 Å². The molecule has 4 heteroatoms. The Bertz CT molecular complexity index is 676. The van der Waals surface area contributed by atoms with Crippen molar-refractivity contribution in [1.29, 1.82) is 0 Å². The van der Waals surface area contributed by atoms with E-state index in [9.17, 15) is 9.59 Å². The van der Waals surface area contributed by atoms with Crippen LogP contribution in [0, 0.1) is 0 Å². The summed E-state index contributed by atoms with van der Waals surface area (Å²) in [7, 11) is 0. The second-order valence-electron chi connectivity index (χ2n) is 5.82. The average molecular weight is 324 g/mol. The largest absolute Gasteiger partial charge is 0.352 e. The molecular weight excluding hydrogens is 300 g/mol. The van der Waals surface area contributed by atoms with E-state index in [-0.39, 0.29) is 11.8 Å². The third kappa shape index (κ3) is 5.88. The van der Waals surface area contributed by atoms with Crippen LogP contribution >= 0.6 is 0 Å². The molecule has 2 aromatic rings. The Morgan fingerprint density at radius 2 is 1.46 bits per heavy atom. The predicted molar refractivity (Wildman–Crippen MR) is 96.7 cm³/mol. The quantitative estimate of drug-likeness (QED) is 0.819. The Labute approximate surface area is 143 Å². The van der Waals surface area contributed by atoms with Gasteiger partial charge in [0, 0.05) is 25.6 Å². The standard InChI is InChI=1S/C20H24N2O2/c1-3-16-4-6-17(7-5-16)10-13-20(24)21-14-18-8-11-19(12-9-18)22-15(2)23/h4-9,11-12H,3,10,13-14H2,1-2H3,(H,21,24)(H,22,23). The number of hydrogen-bond acceptors (Lipinski definition) is 2. The van der Waals surface area contributed by atoms with Gasteiger partial charge in [0.1, 0.15) is 0 Å². The molecule has 126 valence electrons.